The van der Waals surface area contributed by atoms with Crippen LogP contribution in [0.4, 0.5) is 0 Å². The zero-order valence-corrected chi connectivity index (χ0v) is 40.1. The summed E-state index contributed by atoms with van der Waals surface area (Å²) >= 11 is 0. The summed E-state index contributed by atoms with van der Waals surface area (Å²) in [4.78, 5) is 25.2. The van der Waals surface area contributed by atoms with Crippen LogP contribution in [0.25, 0.3) is 0 Å². The van der Waals surface area contributed by atoms with E-state index in [1.54, 1.807) is 6.08 Å². The number of rotatable bonds is 44. The summed E-state index contributed by atoms with van der Waals surface area (Å²) in [6.07, 6.45) is 53.3. The highest BCUT2D eigenvalue weighted by Gasteiger charge is 2.23. The van der Waals surface area contributed by atoms with Crippen molar-refractivity contribution in [2.75, 3.05) is 40.9 Å². The van der Waals surface area contributed by atoms with Crippen LogP contribution in [-0.2, 0) is 18.4 Å². The molecule has 0 aromatic carbocycles. The van der Waals surface area contributed by atoms with Crippen LogP contribution in [0.1, 0.15) is 213 Å². The second-order valence-electron chi connectivity index (χ2n) is 17.8. The molecule has 59 heavy (non-hydrogen) atoms. The molecule has 0 bridgehead atoms. The number of amides is 1. The third-order valence-corrected chi connectivity index (χ3v) is 11.7. The number of hydrogen-bond donors (Lipinski definition) is 2. The molecule has 2 N–H and O–H groups in total. The summed E-state index contributed by atoms with van der Waals surface area (Å²) in [5, 5.41) is 13.7. The predicted octanol–water partition coefficient (Wildman–Crippen LogP) is 13.4. The van der Waals surface area contributed by atoms with Gasteiger partial charge in [-0.25, -0.2) is 0 Å². The molecular weight excluding hydrogens is 756 g/mol. The summed E-state index contributed by atoms with van der Waals surface area (Å²) < 4.78 is 23.1. The molecule has 0 aromatic heterocycles. The van der Waals surface area contributed by atoms with Crippen molar-refractivity contribution in [2.24, 2.45) is 0 Å². The van der Waals surface area contributed by atoms with Crippen LogP contribution < -0.4 is 10.2 Å². The topological polar surface area (TPSA) is 108 Å². The van der Waals surface area contributed by atoms with Gasteiger partial charge in [0.1, 0.15) is 13.2 Å². The Bertz CT molecular complexity index is 1100. The van der Waals surface area contributed by atoms with Crippen molar-refractivity contribution in [3.8, 4) is 0 Å². The molecule has 0 aliphatic rings. The Kier molecular flexibility index (Phi) is 40.7. The maximum Gasteiger partial charge on any atom is 0.268 e. The van der Waals surface area contributed by atoms with Crippen molar-refractivity contribution in [1.82, 2.24) is 5.32 Å². The largest absolute Gasteiger partial charge is 0.756 e. The highest BCUT2D eigenvalue weighted by molar-refractivity contribution is 7.45. The second-order valence-corrected chi connectivity index (χ2v) is 19.2. The van der Waals surface area contributed by atoms with E-state index in [0.29, 0.717) is 17.4 Å². The zero-order chi connectivity index (χ0) is 43.6. The average Bonchev–Trinajstić information content (AvgIpc) is 3.19. The average molecular weight is 851 g/mol. The Morgan fingerprint density at radius 1 is 0.593 bits per heavy atom. The SMILES string of the molecule is CCCCCCC/C=C\C/C=C\C/C=C\CCCCCCCCCCCCCCCCC(=O)NC(COP(=O)([O-])OCC[N+](C)(C)C)C(O)/C=C/CCCCCCCC. The molecule has 0 saturated carbocycles. The molecule has 1 amide bonds. The van der Waals surface area contributed by atoms with E-state index in [2.05, 4.69) is 55.6 Å². The minimum absolute atomic E-state index is 0.00211. The number of quaternary nitrogens is 1. The standard InChI is InChI=1S/C50H95N2O6P/c1-6-8-10-12-14-16-17-18-19-20-21-22-23-24-25-26-27-28-29-30-31-32-33-34-35-36-38-40-42-44-50(54)51-48(47-58-59(55,56)57-46-45-52(3,4)5)49(53)43-41-39-37-15-13-11-9-7-2/h17-18,20-21,23-24,41,43,48-49,53H,6-16,19,22,25-40,42,44-47H2,1-5H3,(H-,51,54,55,56)/b18-17-,21-20-,24-23-,43-41+. The highest BCUT2D eigenvalue weighted by Crippen LogP contribution is 2.38. The highest BCUT2D eigenvalue weighted by atomic mass is 31.2. The number of carbonyl (C=O) groups excluding carboxylic acids is 1. The van der Waals surface area contributed by atoms with E-state index in [9.17, 15) is 19.4 Å². The Morgan fingerprint density at radius 2 is 0.983 bits per heavy atom. The maximum atomic E-state index is 12.8. The van der Waals surface area contributed by atoms with Gasteiger partial charge in [0.15, 0.2) is 0 Å². The monoisotopic (exact) mass is 851 g/mol. The number of nitrogens with zero attached hydrogens (tertiary/aromatic N) is 1. The summed E-state index contributed by atoms with van der Waals surface area (Å²) in [7, 11) is 1.26. The third-order valence-electron chi connectivity index (χ3n) is 10.8. The number of aliphatic hydroxyl groups excluding tert-OH is 1. The van der Waals surface area contributed by atoms with Crippen molar-refractivity contribution in [3.63, 3.8) is 0 Å². The first-order chi connectivity index (χ1) is 28.5. The molecule has 3 atom stereocenters. The van der Waals surface area contributed by atoms with E-state index in [1.165, 1.54) is 141 Å². The molecule has 0 fully saturated rings. The summed E-state index contributed by atoms with van der Waals surface area (Å²) in [5.41, 5.74) is 0. The fourth-order valence-corrected chi connectivity index (χ4v) is 7.59. The molecule has 0 aliphatic carbocycles. The van der Waals surface area contributed by atoms with Crippen LogP contribution in [0.2, 0.25) is 0 Å². The lowest BCUT2D eigenvalue weighted by Gasteiger charge is -2.29. The maximum absolute atomic E-state index is 12.8. The summed E-state index contributed by atoms with van der Waals surface area (Å²) in [6, 6.07) is -0.884. The van der Waals surface area contributed by atoms with E-state index in [0.717, 1.165) is 51.4 Å². The molecule has 0 aromatic rings. The van der Waals surface area contributed by atoms with Gasteiger partial charge >= 0.3 is 0 Å². The van der Waals surface area contributed by atoms with Crippen molar-refractivity contribution in [1.29, 1.82) is 0 Å². The summed E-state index contributed by atoms with van der Waals surface area (Å²) in [5.74, 6) is -0.202. The Hall–Kier alpha value is -1.54. The van der Waals surface area contributed by atoms with Crippen molar-refractivity contribution in [2.45, 2.75) is 225 Å². The predicted molar refractivity (Wildman–Crippen MR) is 251 cm³/mol. The van der Waals surface area contributed by atoms with Crippen molar-refractivity contribution < 1.29 is 32.9 Å². The Morgan fingerprint density at radius 3 is 1.42 bits per heavy atom. The molecule has 0 rings (SSSR count). The lowest BCUT2D eigenvalue weighted by Crippen LogP contribution is -2.45. The Labute approximate surface area is 365 Å². The van der Waals surface area contributed by atoms with Gasteiger partial charge in [-0.1, -0.05) is 197 Å². The number of aliphatic hydroxyl groups is 1. The molecule has 3 unspecified atom stereocenters. The third kappa shape index (κ3) is 44.3. The normalized spacial score (nSPS) is 14.6. The van der Waals surface area contributed by atoms with Crippen LogP contribution in [0, 0.1) is 0 Å². The van der Waals surface area contributed by atoms with E-state index in [-0.39, 0.29) is 19.1 Å². The lowest BCUT2D eigenvalue weighted by molar-refractivity contribution is -0.870. The lowest BCUT2D eigenvalue weighted by atomic mass is 10.0. The minimum Gasteiger partial charge on any atom is -0.756 e. The zero-order valence-electron chi connectivity index (χ0n) is 39.2. The second kappa shape index (κ2) is 41.8. The van der Waals surface area contributed by atoms with Gasteiger partial charge in [0.2, 0.25) is 5.91 Å². The number of likely N-dealkylation sites (N-methyl/N-ethyl adjacent to an activating group) is 1. The first-order valence-electron chi connectivity index (χ1n) is 24.5. The van der Waals surface area contributed by atoms with Crippen molar-refractivity contribution in [3.05, 3.63) is 48.6 Å². The number of phosphoric ester groups is 1. The first kappa shape index (κ1) is 57.5. The molecule has 0 radical (unpaired) electrons. The van der Waals surface area contributed by atoms with E-state index < -0.39 is 20.0 Å². The van der Waals surface area contributed by atoms with Crippen LogP contribution in [0.5, 0.6) is 0 Å². The van der Waals surface area contributed by atoms with Gasteiger partial charge in [-0.05, 0) is 57.8 Å². The molecule has 9 heteroatoms. The molecule has 0 saturated heterocycles. The van der Waals surface area contributed by atoms with Gasteiger partial charge in [0, 0.05) is 6.42 Å². The fraction of sp³-hybridized carbons (Fsp3) is 0.820. The number of allylic oxidation sites excluding steroid dienone is 7. The number of phosphoric acid groups is 1. The van der Waals surface area contributed by atoms with E-state index in [4.69, 9.17) is 9.05 Å². The first-order valence-corrected chi connectivity index (χ1v) is 26.0. The molecule has 8 nitrogen and oxygen atoms in total. The smallest absolute Gasteiger partial charge is 0.268 e. The molecule has 0 spiro atoms. The van der Waals surface area contributed by atoms with E-state index >= 15 is 0 Å². The number of hydrogen-bond acceptors (Lipinski definition) is 6. The van der Waals surface area contributed by atoms with E-state index in [1.807, 2.05) is 27.2 Å². The Balaban J connectivity index is 4.04. The molecule has 0 heterocycles. The van der Waals surface area contributed by atoms with Gasteiger partial charge in [-0.2, -0.15) is 0 Å². The molecule has 346 valence electrons. The number of carbonyl (C=O) groups is 1. The van der Waals surface area contributed by atoms with Crippen LogP contribution in [0.15, 0.2) is 48.6 Å². The van der Waals surface area contributed by atoms with Crippen LogP contribution in [-0.4, -0.2) is 68.5 Å². The van der Waals surface area contributed by atoms with Gasteiger partial charge in [0.25, 0.3) is 7.82 Å². The minimum atomic E-state index is -4.58. The fourth-order valence-electron chi connectivity index (χ4n) is 6.86. The summed E-state index contributed by atoms with van der Waals surface area (Å²) in [6.45, 7) is 4.58. The van der Waals surface area contributed by atoms with Crippen LogP contribution in [0.3, 0.4) is 0 Å². The molecular formula is C50H95N2O6P. The number of nitrogens with one attached hydrogen (secondary N) is 1. The quantitative estimate of drug-likeness (QED) is 0.0274. The van der Waals surface area contributed by atoms with Crippen LogP contribution >= 0.6 is 7.82 Å². The molecule has 0 aliphatic heterocycles. The van der Waals surface area contributed by atoms with Gasteiger partial charge < -0.3 is 28.8 Å². The van der Waals surface area contributed by atoms with Crippen molar-refractivity contribution >= 4 is 13.7 Å². The number of unbranched alkanes of at least 4 members (excludes halogenated alkanes) is 25. The van der Waals surface area contributed by atoms with Gasteiger partial charge in [-0.15, -0.1) is 0 Å². The van der Waals surface area contributed by atoms with Gasteiger partial charge in [0.05, 0.1) is 39.9 Å². The van der Waals surface area contributed by atoms with Gasteiger partial charge in [-0.3, -0.25) is 9.36 Å².